The van der Waals surface area contributed by atoms with E-state index in [0.717, 1.165) is 30.7 Å². The van der Waals surface area contributed by atoms with Crippen LogP contribution >= 0.6 is 0 Å². The monoisotopic (exact) mass is 336 g/mol. The Labute approximate surface area is 150 Å². The zero-order chi connectivity index (χ0) is 17.8. The minimum Gasteiger partial charge on any atom is -0.494 e. The molecule has 2 aromatic carbocycles. The average Bonchev–Trinajstić information content (AvgIpc) is 3.01. The molecule has 0 spiro atoms. The van der Waals surface area contributed by atoms with Crippen molar-refractivity contribution < 1.29 is 4.74 Å². The van der Waals surface area contributed by atoms with Crippen LogP contribution in [-0.4, -0.2) is 16.2 Å². The molecular formula is C22H28N2O. The van der Waals surface area contributed by atoms with E-state index in [9.17, 15) is 0 Å². The quantitative estimate of drug-likeness (QED) is 0.522. The molecule has 3 nitrogen and oxygen atoms in total. The summed E-state index contributed by atoms with van der Waals surface area (Å²) < 4.78 is 8.11. The van der Waals surface area contributed by atoms with Crippen molar-refractivity contribution >= 4 is 11.0 Å². The van der Waals surface area contributed by atoms with Crippen LogP contribution in [0, 0.1) is 13.8 Å². The largest absolute Gasteiger partial charge is 0.494 e. The van der Waals surface area contributed by atoms with Crippen LogP contribution in [0.2, 0.25) is 0 Å². The van der Waals surface area contributed by atoms with Crippen LogP contribution in [-0.2, 0) is 6.54 Å². The van der Waals surface area contributed by atoms with Crippen LogP contribution in [0.4, 0.5) is 0 Å². The van der Waals surface area contributed by atoms with Crippen LogP contribution in [0.1, 0.15) is 49.3 Å². The van der Waals surface area contributed by atoms with Gasteiger partial charge in [0.1, 0.15) is 5.75 Å². The molecule has 0 radical (unpaired) electrons. The third kappa shape index (κ3) is 4.04. The Balaban J connectivity index is 1.54. The molecule has 1 heterocycles. The normalized spacial score (nSPS) is 12.5. The molecule has 3 heteroatoms. The number of fused-ring (bicyclic) bond motifs is 1. The summed E-state index contributed by atoms with van der Waals surface area (Å²) in [5.41, 5.74) is 6.27. The Morgan fingerprint density at radius 2 is 1.80 bits per heavy atom. The minimum absolute atomic E-state index is 0.607. The summed E-state index contributed by atoms with van der Waals surface area (Å²) in [6, 6.07) is 12.9. The number of aryl methyl sites for hydroxylation is 3. The Hall–Kier alpha value is -2.29. The molecule has 0 amide bonds. The fraction of sp³-hybridized carbons (Fsp3) is 0.409. The fourth-order valence-electron chi connectivity index (χ4n) is 3.04. The maximum absolute atomic E-state index is 5.89. The summed E-state index contributed by atoms with van der Waals surface area (Å²) in [6.07, 6.45) is 4.06. The first-order valence-corrected chi connectivity index (χ1v) is 9.23. The van der Waals surface area contributed by atoms with Gasteiger partial charge in [0, 0.05) is 6.54 Å². The Morgan fingerprint density at radius 1 is 1.08 bits per heavy atom. The molecule has 0 saturated heterocycles. The van der Waals surface area contributed by atoms with Crippen LogP contribution in [0.25, 0.3) is 11.0 Å². The van der Waals surface area contributed by atoms with Gasteiger partial charge in [-0.15, -0.1) is 0 Å². The topological polar surface area (TPSA) is 27.1 Å². The highest BCUT2D eigenvalue weighted by Crippen LogP contribution is 2.22. The summed E-state index contributed by atoms with van der Waals surface area (Å²) in [5.74, 6) is 1.56. The summed E-state index contributed by atoms with van der Waals surface area (Å²) in [6.45, 7) is 10.4. The van der Waals surface area contributed by atoms with Gasteiger partial charge in [0.15, 0.2) is 0 Å². The third-order valence-electron chi connectivity index (χ3n) is 5.11. The van der Waals surface area contributed by atoms with Gasteiger partial charge in [-0.25, -0.2) is 4.98 Å². The highest BCUT2D eigenvalue weighted by Gasteiger charge is 2.06. The van der Waals surface area contributed by atoms with Gasteiger partial charge in [-0.05, 0) is 73.6 Å². The number of aromatic nitrogens is 2. The summed E-state index contributed by atoms with van der Waals surface area (Å²) >= 11 is 0. The number of imidazole rings is 1. The van der Waals surface area contributed by atoms with Crippen molar-refractivity contribution in [2.75, 3.05) is 6.61 Å². The van der Waals surface area contributed by atoms with Crippen LogP contribution in [0.15, 0.2) is 42.7 Å². The third-order valence-corrected chi connectivity index (χ3v) is 5.11. The van der Waals surface area contributed by atoms with E-state index in [1.807, 2.05) is 6.33 Å². The van der Waals surface area contributed by atoms with Gasteiger partial charge in [0.25, 0.3) is 0 Å². The first-order valence-electron chi connectivity index (χ1n) is 9.23. The SMILES string of the molecule is CCC(C)c1ccc(OCCCn2cnc3cc(C)c(C)cc32)cc1. The van der Waals surface area contributed by atoms with Crippen molar-refractivity contribution in [2.24, 2.45) is 0 Å². The Bertz CT molecular complexity index is 833. The number of nitrogens with zero attached hydrogens (tertiary/aromatic N) is 2. The smallest absolute Gasteiger partial charge is 0.119 e. The molecule has 0 fully saturated rings. The van der Waals surface area contributed by atoms with Gasteiger partial charge in [-0.1, -0.05) is 26.0 Å². The molecule has 1 unspecified atom stereocenters. The highest BCUT2D eigenvalue weighted by molar-refractivity contribution is 5.77. The van der Waals surface area contributed by atoms with Gasteiger partial charge >= 0.3 is 0 Å². The molecule has 0 aliphatic heterocycles. The van der Waals surface area contributed by atoms with E-state index in [4.69, 9.17) is 4.74 Å². The Morgan fingerprint density at radius 3 is 2.52 bits per heavy atom. The maximum Gasteiger partial charge on any atom is 0.119 e. The summed E-state index contributed by atoms with van der Waals surface area (Å²) in [7, 11) is 0. The molecular weight excluding hydrogens is 308 g/mol. The van der Waals surface area contributed by atoms with Crippen LogP contribution < -0.4 is 4.74 Å². The first kappa shape index (κ1) is 17.5. The van der Waals surface area contributed by atoms with Crippen molar-refractivity contribution in [3.8, 4) is 5.75 Å². The van der Waals surface area contributed by atoms with Gasteiger partial charge in [-0.3, -0.25) is 0 Å². The molecule has 1 aromatic heterocycles. The second kappa shape index (κ2) is 7.73. The molecule has 0 N–H and O–H groups in total. The van der Waals surface area contributed by atoms with Crippen molar-refractivity contribution in [3.63, 3.8) is 0 Å². The van der Waals surface area contributed by atoms with E-state index in [2.05, 4.69) is 73.6 Å². The zero-order valence-electron chi connectivity index (χ0n) is 15.7. The highest BCUT2D eigenvalue weighted by atomic mass is 16.5. The zero-order valence-corrected chi connectivity index (χ0v) is 15.7. The van der Waals surface area contributed by atoms with Gasteiger partial charge in [0.2, 0.25) is 0 Å². The number of benzene rings is 2. The fourth-order valence-corrected chi connectivity index (χ4v) is 3.04. The molecule has 0 aliphatic carbocycles. The molecule has 0 saturated carbocycles. The maximum atomic E-state index is 5.89. The predicted molar refractivity (Wildman–Crippen MR) is 104 cm³/mol. The number of rotatable bonds is 7. The van der Waals surface area contributed by atoms with E-state index in [-0.39, 0.29) is 0 Å². The van der Waals surface area contributed by atoms with E-state index in [1.165, 1.54) is 22.2 Å². The average molecular weight is 336 g/mol. The van der Waals surface area contributed by atoms with Gasteiger partial charge in [0.05, 0.1) is 24.0 Å². The van der Waals surface area contributed by atoms with Gasteiger partial charge < -0.3 is 9.30 Å². The molecule has 25 heavy (non-hydrogen) atoms. The number of hydrogen-bond donors (Lipinski definition) is 0. The van der Waals surface area contributed by atoms with Crippen molar-refractivity contribution in [1.29, 1.82) is 0 Å². The molecule has 1 atom stereocenters. The molecule has 3 aromatic rings. The molecule has 0 bridgehead atoms. The van der Waals surface area contributed by atoms with E-state index >= 15 is 0 Å². The lowest BCUT2D eigenvalue weighted by molar-refractivity contribution is 0.302. The minimum atomic E-state index is 0.607. The van der Waals surface area contributed by atoms with Crippen molar-refractivity contribution in [1.82, 2.24) is 9.55 Å². The lowest BCUT2D eigenvalue weighted by Gasteiger charge is -2.11. The second-order valence-corrected chi connectivity index (χ2v) is 6.94. The molecule has 0 aliphatic rings. The van der Waals surface area contributed by atoms with E-state index in [1.54, 1.807) is 0 Å². The lowest BCUT2D eigenvalue weighted by Crippen LogP contribution is -2.04. The summed E-state index contributed by atoms with van der Waals surface area (Å²) in [5, 5.41) is 0. The van der Waals surface area contributed by atoms with Crippen molar-refractivity contribution in [2.45, 2.75) is 53.0 Å². The molecule has 132 valence electrons. The van der Waals surface area contributed by atoms with Gasteiger partial charge in [-0.2, -0.15) is 0 Å². The number of hydrogen-bond acceptors (Lipinski definition) is 2. The summed E-state index contributed by atoms with van der Waals surface area (Å²) in [4.78, 5) is 4.51. The predicted octanol–water partition coefficient (Wildman–Crippen LogP) is 5.64. The second-order valence-electron chi connectivity index (χ2n) is 6.94. The van der Waals surface area contributed by atoms with Crippen molar-refractivity contribution in [3.05, 3.63) is 59.4 Å². The number of ether oxygens (including phenoxy) is 1. The van der Waals surface area contributed by atoms with E-state index in [0.29, 0.717) is 12.5 Å². The Kier molecular flexibility index (Phi) is 5.42. The lowest BCUT2D eigenvalue weighted by atomic mass is 9.99. The molecule has 3 rings (SSSR count). The van der Waals surface area contributed by atoms with Crippen LogP contribution in [0.3, 0.4) is 0 Å². The first-order chi connectivity index (χ1) is 12.1. The standard InChI is InChI=1S/C22H28N2O/c1-5-16(2)19-7-9-20(10-8-19)25-12-6-11-24-15-23-21-13-17(3)18(4)14-22(21)24/h7-10,13-16H,5-6,11-12H2,1-4H3. The van der Waals surface area contributed by atoms with E-state index < -0.39 is 0 Å². The van der Waals surface area contributed by atoms with Crippen LogP contribution in [0.5, 0.6) is 5.75 Å².